The van der Waals surface area contributed by atoms with Gasteiger partial charge in [-0.05, 0) is 26.9 Å². The molecule has 0 radical (unpaired) electrons. The van der Waals surface area contributed by atoms with Gasteiger partial charge in [0.25, 0.3) is 0 Å². The van der Waals surface area contributed by atoms with Crippen molar-refractivity contribution in [1.29, 1.82) is 0 Å². The highest BCUT2D eigenvalue weighted by atomic mass is 15.2. The first kappa shape index (κ1) is 19.2. The van der Waals surface area contributed by atoms with E-state index in [-0.39, 0.29) is 0 Å². The lowest BCUT2D eigenvalue weighted by Crippen LogP contribution is -2.26. The van der Waals surface area contributed by atoms with Crippen LogP contribution in [0.1, 0.15) is 26.7 Å². The molecule has 0 atom stereocenters. The SMILES string of the molecule is CCCN(CCC)c1cc(NCCN(C)C)nc(-c2ccccc2)n1. The van der Waals surface area contributed by atoms with E-state index < -0.39 is 0 Å². The molecule has 0 aliphatic rings. The summed E-state index contributed by atoms with van der Waals surface area (Å²) in [6.07, 6.45) is 2.21. The lowest BCUT2D eigenvalue weighted by molar-refractivity contribution is 0.425. The molecule has 0 aliphatic heterocycles. The third-order valence-corrected chi connectivity index (χ3v) is 3.92. The van der Waals surface area contributed by atoms with Gasteiger partial charge >= 0.3 is 0 Å². The van der Waals surface area contributed by atoms with Crippen LogP contribution in [-0.4, -0.2) is 55.1 Å². The van der Waals surface area contributed by atoms with E-state index in [9.17, 15) is 0 Å². The van der Waals surface area contributed by atoms with Crippen molar-refractivity contribution in [2.75, 3.05) is 50.5 Å². The number of anilines is 2. The van der Waals surface area contributed by atoms with Crippen LogP contribution < -0.4 is 10.2 Å². The fraction of sp³-hybridized carbons (Fsp3) is 0.500. The Kier molecular flexibility index (Phi) is 7.67. The highest BCUT2D eigenvalue weighted by molar-refractivity contribution is 5.61. The van der Waals surface area contributed by atoms with Crippen molar-refractivity contribution in [3.05, 3.63) is 36.4 Å². The monoisotopic (exact) mass is 341 g/mol. The molecule has 5 nitrogen and oxygen atoms in total. The first-order chi connectivity index (χ1) is 12.1. The van der Waals surface area contributed by atoms with Crippen LogP contribution in [0.3, 0.4) is 0 Å². The van der Waals surface area contributed by atoms with Crippen LogP contribution in [-0.2, 0) is 0 Å². The molecule has 1 N–H and O–H groups in total. The number of aromatic nitrogens is 2. The van der Waals surface area contributed by atoms with Gasteiger partial charge in [-0.1, -0.05) is 44.2 Å². The van der Waals surface area contributed by atoms with Crippen molar-refractivity contribution < 1.29 is 0 Å². The predicted octanol–water partition coefficient (Wildman–Crippen LogP) is 3.74. The summed E-state index contributed by atoms with van der Waals surface area (Å²) >= 11 is 0. The number of rotatable bonds is 10. The molecule has 0 bridgehead atoms. The molecule has 0 aliphatic carbocycles. The van der Waals surface area contributed by atoms with Crippen LogP contribution in [0, 0.1) is 0 Å². The normalized spacial score (nSPS) is 10.9. The highest BCUT2D eigenvalue weighted by Crippen LogP contribution is 2.23. The third-order valence-electron chi connectivity index (χ3n) is 3.92. The molecule has 2 aromatic rings. The van der Waals surface area contributed by atoms with E-state index >= 15 is 0 Å². The van der Waals surface area contributed by atoms with Gasteiger partial charge in [-0.25, -0.2) is 9.97 Å². The van der Waals surface area contributed by atoms with Gasteiger partial charge in [0, 0.05) is 37.8 Å². The molecule has 136 valence electrons. The van der Waals surface area contributed by atoms with Gasteiger partial charge in [-0.3, -0.25) is 0 Å². The zero-order valence-corrected chi connectivity index (χ0v) is 16.0. The molecule has 0 spiro atoms. The summed E-state index contributed by atoms with van der Waals surface area (Å²) in [5, 5.41) is 3.45. The summed E-state index contributed by atoms with van der Waals surface area (Å²) in [4.78, 5) is 14.1. The molecule has 0 saturated carbocycles. The van der Waals surface area contributed by atoms with Gasteiger partial charge < -0.3 is 15.1 Å². The van der Waals surface area contributed by atoms with E-state index in [1.165, 1.54) is 0 Å². The van der Waals surface area contributed by atoms with Crippen molar-refractivity contribution in [2.45, 2.75) is 26.7 Å². The maximum Gasteiger partial charge on any atom is 0.163 e. The van der Waals surface area contributed by atoms with Crippen molar-refractivity contribution >= 4 is 11.6 Å². The molecule has 1 heterocycles. The van der Waals surface area contributed by atoms with Crippen molar-refractivity contribution in [3.63, 3.8) is 0 Å². The molecule has 0 saturated heterocycles. The fourth-order valence-corrected chi connectivity index (χ4v) is 2.69. The van der Waals surface area contributed by atoms with Gasteiger partial charge in [-0.15, -0.1) is 0 Å². The quantitative estimate of drug-likeness (QED) is 0.713. The van der Waals surface area contributed by atoms with Crippen LogP contribution in [0.2, 0.25) is 0 Å². The molecule has 5 heteroatoms. The van der Waals surface area contributed by atoms with E-state index in [0.29, 0.717) is 0 Å². The van der Waals surface area contributed by atoms with E-state index in [1.807, 2.05) is 18.2 Å². The Morgan fingerprint density at radius 2 is 1.60 bits per heavy atom. The summed E-state index contributed by atoms with van der Waals surface area (Å²) in [5.41, 5.74) is 1.05. The average Bonchev–Trinajstić information content (AvgIpc) is 2.62. The number of hydrogen-bond donors (Lipinski definition) is 1. The van der Waals surface area contributed by atoms with Crippen LogP contribution in [0.5, 0.6) is 0 Å². The van der Waals surface area contributed by atoms with Crippen molar-refractivity contribution in [3.8, 4) is 11.4 Å². The van der Waals surface area contributed by atoms with Gasteiger partial charge in [-0.2, -0.15) is 0 Å². The second kappa shape index (κ2) is 9.99. The topological polar surface area (TPSA) is 44.3 Å². The largest absolute Gasteiger partial charge is 0.369 e. The zero-order chi connectivity index (χ0) is 18.1. The van der Waals surface area contributed by atoms with E-state index in [2.05, 4.69) is 61.3 Å². The molecule has 0 fully saturated rings. The molecule has 1 aromatic carbocycles. The van der Waals surface area contributed by atoms with Gasteiger partial charge in [0.05, 0.1) is 0 Å². The zero-order valence-electron chi connectivity index (χ0n) is 16.0. The predicted molar refractivity (Wildman–Crippen MR) is 107 cm³/mol. The third kappa shape index (κ3) is 6.02. The highest BCUT2D eigenvalue weighted by Gasteiger charge is 2.12. The first-order valence-electron chi connectivity index (χ1n) is 9.22. The van der Waals surface area contributed by atoms with Gasteiger partial charge in [0.2, 0.25) is 0 Å². The molecular weight excluding hydrogens is 310 g/mol. The summed E-state index contributed by atoms with van der Waals surface area (Å²) in [6, 6.07) is 12.3. The maximum atomic E-state index is 4.85. The number of nitrogens with one attached hydrogen (secondary N) is 1. The number of likely N-dealkylation sites (N-methyl/N-ethyl adjacent to an activating group) is 1. The van der Waals surface area contributed by atoms with Gasteiger partial charge in [0.15, 0.2) is 5.82 Å². The molecular formula is C20H31N5. The number of benzene rings is 1. The Morgan fingerprint density at radius 3 is 2.20 bits per heavy atom. The Morgan fingerprint density at radius 1 is 0.920 bits per heavy atom. The molecule has 25 heavy (non-hydrogen) atoms. The Labute approximate surface area is 152 Å². The maximum absolute atomic E-state index is 4.85. The minimum absolute atomic E-state index is 0.780. The molecule has 0 amide bonds. The van der Waals surface area contributed by atoms with Crippen molar-refractivity contribution in [2.24, 2.45) is 0 Å². The van der Waals surface area contributed by atoms with E-state index in [1.54, 1.807) is 0 Å². The summed E-state index contributed by atoms with van der Waals surface area (Å²) in [7, 11) is 4.15. The van der Waals surface area contributed by atoms with E-state index in [4.69, 9.17) is 9.97 Å². The van der Waals surface area contributed by atoms with Crippen molar-refractivity contribution in [1.82, 2.24) is 14.9 Å². The number of nitrogens with zero attached hydrogens (tertiary/aromatic N) is 4. The fourth-order valence-electron chi connectivity index (χ4n) is 2.69. The molecule has 1 aromatic heterocycles. The molecule has 2 rings (SSSR count). The second-order valence-corrected chi connectivity index (χ2v) is 6.52. The van der Waals surface area contributed by atoms with Crippen LogP contribution in [0.15, 0.2) is 36.4 Å². The summed E-state index contributed by atoms with van der Waals surface area (Å²) in [6.45, 7) is 8.26. The smallest absolute Gasteiger partial charge is 0.163 e. The first-order valence-corrected chi connectivity index (χ1v) is 9.22. The standard InChI is InChI=1S/C20H31N5/c1-5-13-25(14-6-2)19-16-18(21-12-15-24(3)4)22-20(23-19)17-10-8-7-9-11-17/h7-11,16H,5-6,12-15H2,1-4H3,(H,21,22,23). The minimum atomic E-state index is 0.780. The van der Waals surface area contributed by atoms with E-state index in [0.717, 1.165) is 62.0 Å². The van der Waals surface area contributed by atoms with Crippen LogP contribution >= 0.6 is 0 Å². The Bertz CT molecular complexity index is 621. The second-order valence-electron chi connectivity index (χ2n) is 6.52. The lowest BCUT2D eigenvalue weighted by atomic mass is 10.2. The minimum Gasteiger partial charge on any atom is -0.369 e. The van der Waals surface area contributed by atoms with Crippen LogP contribution in [0.25, 0.3) is 11.4 Å². The molecule has 0 unspecified atom stereocenters. The average molecular weight is 342 g/mol. The number of hydrogen-bond acceptors (Lipinski definition) is 5. The Balaban J connectivity index is 2.33. The van der Waals surface area contributed by atoms with Gasteiger partial charge in [0.1, 0.15) is 11.6 Å². The summed E-state index contributed by atoms with van der Waals surface area (Å²) < 4.78 is 0. The lowest BCUT2D eigenvalue weighted by Gasteiger charge is -2.24. The van der Waals surface area contributed by atoms with Crippen LogP contribution in [0.4, 0.5) is 11.6 Å². The summed E-state index contributed by atoms with van der Waals surface area (Å²) in [5.74, 6) is 2.68. The Hall–Kier alpha value is -2.14.